The molecule has 0 aliphatic heterocycles. The number of hydrogen-bond donors (Lipinski definition) is 0. The van der Waals surface area contributed by atoms with Gasteiger partial charge in [0.15, 0.2) is 11.3 Å². The van der Waals surface area contributed by atoms with E-state index in [1.54, 1.807) is 12.4 Å². The lowest BCUT2D eigenvalue weighted by molar-refractivity contribution is 0.483. The van der Waals surface area contributed by atoms with Gasteiger partial charge in [-0.25, -0.2) is 19.9 Å². The molecule has 0 atom stereocenters. The van der Waals surface area contributed by atoms with Crippen molar-refractivity contribution in [1.82, 2.24) is 33.5 Å². The highest BCUT2D eigenvalue weighted by Gasteiger charge is 2.20. The maximum atomic E-state index is 6.56. The molecule has 222 valence electrons. The average molecular weight is 600 g/mol. The molecule has 5 heterocycles. The summed E-state index contributed by atoms with van der Waals surface area (Å²) in [6.45, 7) is 6.67. The molecule has 46 heavy (non-hydrogen) atoms. The fraction of sp³-hybridized carbons (Fsp3) is 0.105. The molecule has 9 rings (SSSR count). The number of rotatable bonds is 4. The maximum absolute atomic E-state index is 6.56. The van der Waals surface area contributed by atoms with Crippen LogP contribution in [0.1, 0.15) is 26.3 Å². The smallest absolute Gasteiger partial charge is 0.223 e. The van der Waals surface area contributed by atoms with Gasteiger partial charge in [0.25, 0.3) is 0 Å². The van der Waals surface area contributed by atoms with Crippen molar-refractivity contribution in [3.8, 4) is 23.0 Å². The zero-order valence-electron chi connectivity index (χ0n) is 25.6. The SMILES string of the molecule is CC(C)(C)c1ccnc(-n2c3ccccc3c3ccc(Oc4cccc(-n5c6nccnc6n6c7ccccc7nc56)c4)cc32)c1. The topological polar surface area (TPSA) is 75.1 Å². The minimum absolute atomic E-state index is 0.00105. The molecule has 0 N–H and O–H groups in total. The third-order valence-corrected chi connectivity index (χ3v) is 8.62. The zero-order valence-corrected chi connectivity index (χ0v) is 25.6. The van der Waals surface area contributed by atoms with E-state index in [0.717, 1.165) is 61.8 Å². The first-order valence-corrected chi connectivity index (χ1v) is 15.3. The summed E-state index contributed by atoms with van der Waals surface area (Å²) in [5, 5.41) is 2.32. The van der Waals surface area contributed by atoms with Gasteiger partial charge >= 0.3 is 0 Å². The van der Waals surface area contributed by atoms with Crippen molar-refractivity contribution >= 4 is 49.9 Å². The molecule has 0 unspecified atom stereocenters. The third-order valence-electron chi connectivity index (χ3n) is 8.62. The molecule has 0 aliphatic rings. The molecule has 0 saturated heterocycles. The predicted octanol–water partition coefficient (Wildman–Crippen LogP) is 8.80. The van der Waals surface area contributed by atoms with Gasteiger partial charge in [0, 0.05) is 41.5 Å². The lowest BCUT2D eigenvalue weighted by Crippen LogP contribution is -2.12. The molecule has 0 saturated carbocycles. The normalized spacial score (nSPS) is 12.2. The Morgan fingerprint density at radius 1 is 0.587 bits per heavy atom. The highest BCUT2D eigenvalue weighted by molar-refractivity contribution is 6.09. The first kappa shape index (κ1) is 26.4. The third kappa shape index (κ3) is 4.00. The summed E-state index contributed by atoms with van der Waals surface area (Å²) in [7, 11) is 0. The Morgan fingerprint density at radius 3 is 2.22 bits per heavy atom. The lowest BCUT2D eigenvalue weighted by atomic mass is 9.88. The van der Waals surface area contributed by atoms with Gasteiger partial charge < -0.3 is 4.74 Å². The van der Waals surface area contributed by atoms with E-state index in [1.165, 1.54) is 10.9 Å². The highest BCUT2D eigenvalue weighted by atomic mass is 16.5. The van der Waals surface area contributed by atoms with E-state index >= 15 is 0 Å². The summed E-state index contributed by atoms with van der Waals surface area (Å²) < 4.78 is 12.9. The van der Waals surface area contributed by atoms with Crippen LogP contribution in [0.25, 0.3) is 61.4 Å². The van der Waals surface area contributed by atoms with E-state index in [9.17, 15) is 0 Å². The maximum Gasteiger partial charge on any atom is 0.223 e. The van der Waals surface area contributed by atoms with Crippen LogP contribution in [0.4, 0.5) is 0 Å². The molecular weight excluding hydrogens is 570 g/mol. The monoisotopic (exact) mass is 599 g/mol. The van der Waals surface area contributed by atoms with Crippen molar-refractivity contribution < 1.29 is 4.74 Å². The molecule has 0 bridgehead atoms. The van der Waals surface area contributed by atoms with E-state index in [1.807, 2.05) is 59.3 Å². The van der Waals surface area contributed by atoms with Crippen LogP contribution >= 0.6 is 0 Å². The highest BCUT2D eigenvalue weighted by Crippen LogP contribution is 2.36. The first-order chi connectivity index (χ1) is 22.4. The number of aromatic nitrogens is 7. The molecule has 5 aromatic heterocycles. The molecule has 0 aliphatic carbocycles. The second-order valence-electron chi connectivity index (χ2n) is 12.6. The van der Waals surface area contributed by atoms with E-state index in [-0.39, 0.29) is 5.41 Å². The Kier molecular flexibility index (Phi) is 5.59. The molecule has 8 heteroatoms. The van der Waals surface area contributed by atoms with Gasteiger partial charge in [-0.2, -0.15) is 0 Å². The fourth-order valence-corrected chi connectivity index (χ4v) is 6.43. The van der Waals surface area contributed by atoms with Gasteiger partial charge in [0.2, 0.25) is 5.78 Å². The van der Waals surface area contributed by atoms with Gasteiger partial charge in [-0.15, -0.1) is 0 Å². The minimum Gasteiger partial charge on any atom is -0.457 e. The number of hydrogen-bond acceptors (Lipinski definition) is 5. The fourth-order valence-electron chi connectivity index (χ4n) is 6.43. The Bertz CT molecular complexity index is 2620. The van der Waals surface area contributed by atoms with Crippen molar-refractivity contribution in [3.05, 3.63) is 127 Å². The Labute approximate surface area is 264 Å². The summed E-state index contributed by atoms with van der Waals surface area (Å²) in [4.78, 5) is 19.1. The summed E-state index contributed by atoms with van der Waals surface area (Å²) >= 11 is 0. The van der Waals surface area contributed by atoms with E-state index < -0.39 is 0 Å². The largest absolute Gasteiger partial charge is 0.457 e. The standard InChI is InChI=1S/C38H29N7O/c1-38(2,3)24-17-18-39-34(21-24)44-31-13-6-4-11-28(31)29-16-15-27(23-33(29)44)46-26-10-8-9-25(22-26)43-35-36(41-20-19-40-35)45-32-14-7-5-12-30(32)42-37(43)45/h4-23H,1-3H3. The summed E-state index contributed by atoms with van der Waals surface area (Å²) in [6.07, 6.45) is 5.32. The van der Waals surface area contributed by atoms with Gasteiger partial charge in [-0.05, 0) is 65.6 Å². The number of ether oxygens (including phenoxy) is 1. The minimum atomic E-state index is 0.00105. The quantitative estimate of drug-likeness (QED) is 0.202. The zero-order chi connectivity index (χ0) is 31.0. The molecule has 0 spiro atoms. The Morgan fingerprint density at radius 2 is 1.35 bits per heavy atom. The van der Waals surface area contributed by atoms with Crippen LogP contribution in [0.3, 0.4) is 0 Å². The van der Waals surface area contributed by atoms with Gasteiger partial charge in [-0.3, -0.25) is 13.5 Å². The molecule has 0 fully saturated rings. The summed E-state index contributed by atoms with van der Waals surface area (Å²) in [6, 6.07) is 35.1. The van der Waals surface area contributed by atoms with Gasteiger partial charge in [-0.1, -0.05) is 57.2 Å². The summed E-state index contributed by atoms with van der Waals surface area (Å²) in [5.74, 6) is 3.06. The van der Waals surface area contributed by atoms with Crippen LogP contribution in [0, 0.1) is 0 Å². The number of fused-ring (bicyclic) bond motifs is 8. The van der Waals surface area contributed by atoms with Crippen molar-refractivity contribution in [1.29, 1.82) is 0 Å². The van der Waals surface area contributed by atoms with Crippen LogP contribution < -0.4 is 4.74 Å². The van der Waals surface area contributed by atoms with Crippen LogP contribution in [0.15, 0.2) is 122 Å². The molecule has 8 nitrogen and oxygen atoms in total. The van der Waals surface area contributed by atoms with Crippen LogP contribution in [-0.2, 0) is 5.41 Å². The van der Waals surface area contributed by atoms with E-state index in [4.69, 9.17) is 19.7 Å². The molecule has 9 aromatic rings. The Hall–Kier alpha value is -6.02. The van der Waals surface area contributed by atoms with E-state index in [2.05, 4.69) is 89.3 Å². The molecule has 4 aromatic carbocycles. The van der Waals surface area contributed by atoms with Crippen molar-refractivity contribution in [3.63, 3.8) is 0 Å². The molecule has 0 radical (unpaired) electrons. The number of imidazole rings is 2. The number of para-hydroxylation sites is 3. The second kappa shape index (κ2) is 9.74. The van der Waals surface area contributed by atoms with Crippen molar-refractivity contribution in [2.24, 2.45) is 0 Å². The number of nitrogens with zero attached hydrogens (tertiary/aromatic N) is 7. The van der Waals surface area contributed by atoms with Crippen LogP contribution in [0.5, 0.6) is 11.5 Å². The van der Waals surface area contributed by atoms with E-state index in [0.29, 0.717) is 5.75 Å². The lowest BCUT2D eigenvalue weighted by Gasteiger charge is -2.20. The average Bonchev–Trinajstić information content (AvgIpc) is 3.71. The van der Waals surface area contributed by atoms with Gasteiger partial charge in [0.05, 0.1) is 27.8 Å². The van der Waals surface area contributed by atoms with Crippen LogP contribution in [0.2, 0.25) is 0 Å². The van der Waals surface area contributed by atoms with Gasteiger partial charge in [0.1, 0.15) is 17.3 Å². The van der Waals surface area contributed by atoms with Crippen molar-refractivity contribution in [2.75, 3.05) is 0 Å². The molecular formula is C38H29N7O. The Balaban J connectivity index is 1.17. The van der Waals surface area contributed by atoms with Crippen LogP contribution in [-0.4, -0.2) is 33.5 Å². The van der Waals surface area contributed by atoms with Crippen molar-refractivity contribution in [2.45, 2.75) is 26.2 Å². The second-order valence-corrected chi connectivity index (χ2v) is 12.6. The first-order valence-electron chi connectivity index (χ1n) is 15.3. The number of benzene rings is 4. The molecule has 0 amide bonds. The predicted molar refractivity (Wildman–Crippen MR) is 182 cm³/mol. The number of pyridine rings is 1. The summed E-state index contributed by atoms with van der Waals surface area (Å²) in [5.41, 5.74) is 7.61.